The molecule has 2 unspecified atom stereocenters. The maximum atomic E-state index is 12.2. The van der Waals surface area contributed by atoms with Crippen LogP contribution in [0.1, 0.15) is 26.2 Å². The van der Waals surface area contributed by atoms with Crippen LogP contribution in [0, 0.1) is 17.2 Å². The van der Waals surface area contributed by atoms with Gasteiger partial charge < -0.3 is 9.47 Å². The summed E-state index contributed by atoms with van der Waals surface area (Å²) in [5, 5.41) is 9.11. The highest BCUT2D eigenvalue weighted by atomic mass is 32.2. The number of sulfonamides is 1. The van der Waals surface area contributed by atoms with Crippen LogP contribution in [0.2, 0.25) is 0 Å². The quantitative estimate of drug-likeness (QED) is 0.723. The maximum absolute atomic E-state index is 12.2. The van der Waals surface area contributed by atoms with Crippen molar-refractivity contribution < 1.29 is 17.9 Å². The van der Waals surface area contributed by atoms with Crippen molar-refractivity contribution >= 4 is 10.0 Å². The van der Waals surface area contributed by atoms with E-state index in [2.05, 4.69) is 13.0 Å². The molecule has 114 valence electrons. The summed E-state index contributed by atoms with van der Waals surface area (Å²) < 4.78 is 36.6. The minimum Gasteiger partial charge on any atom is -0.377 e. The Hall–Kier alpha value is -0.680. The Morgan fingerprint density at radius 2 is 2.35 bits per heavy atom. The topological polar surface area (TPSA) is 79.6 Å². The van der Waals surface area contributed by atoms with E-state index in [4.69, 9.17) is 14.7 Å². The van der Waals surface area contributed by atoms with Gasteiger partial charge in [-0.05, 0) is 12.3 Å². The lowest BCUT2D eigenvalue weighted by molar-refractivity contribution is -0.000699. The van der Waals surface area contributed by atoms with E-state index in [1.54, 1.807) is 4.31 Å². The molecule has 0 saturated carbocycles. The number of rotatable bonds is 6. The Labute approximate surface area is 120 Å². The zero-order valence-corrected chi connectivity index (χ0v) is 12.7. The van der Waals surface area contributed by atoms with Crippen molar-refractivity contribution in [1.29, 1.82) is 5.26 Å². The monoisotopic (exact) mass is 302 g/mol. The van der Waals surface area contributed by atoms with Crippen molar-refractivity contribution in [2.75, 3.05) is 38.7 Å². The molecule has 2 aliphatic heterocycles. The van der Waals surface area contributed by atoms with Crippen molar-refractivity contribution in [2.45, 2.75) is 31.8 Å². The second kappa shape index (κ2) is 6.39. The zero-order chi connectivity index (χ0) is 14.6. The molecule has 2 aliphatic rings. The molecule has 0 bridgehead atoms. The number of hydrogen-bond acceptors (Lipinski definition) is 5. The summed E-state index contributed by atoms with van der Waals surface area (Å²) in [6.45, 7) is 4.07. The predicted molar refractivity (Wildman–Crippen MR) is 73.5 cm³/mol. The van der Waals surface area contributed by atoms with E-state index in [1.165, 1.54) is 0 Å². The van der Waals surface area contributed by atoms with E-state index in [0.717, 1.165) is 12.8 Å². The van der Waals surface area contributed by atoms with Gasteiger partial charge >= 0.3 is 0 Å². The molecule has 0 radical (unpaired) electrons. The van der Waals surface area contributed by atoms with Crippen molar-refractivity contribution in [1.82, 2.24) is 4.31 Å². The molecule has 0 N–H and O–H groups in total. The van der Waals surface area contributed by atoms with Gasteiger partial charge in [0.05, 0.1) is 25.6 Å². The molecule has 0 amide bonds. The van der Waals surface area contributed by atoms with Gasteiger partial charge in [0.1, 0.15) is 6.07 Å². The highest BCUT2D eigenvalue weighted by molar-refractivity contribution is 7.89. The van der Waals surface area contributed by atoms with E-state index < -0.39 is 15.6 Å². The Morgan fingerprint density at radius 3 is 2.90 bits per heavy atom. The average molecular weight is 302 g/mol. The fourth-order valence-corrected chi connectivity index (χ4v) is 4.01. The average Bonchev–Trinajstić information content (AvgIpc) is 3.08. The van der Waals surface area contributed by atoms with Crippen molar-refractivity contribution in [3.63, 3.8) is 0 Å². The normalized spacial score (nSPS) is 31.5. The molecule has 7 heteroatoms. The second-order valence-electron chi connectivity index (χ2n) is 5.49. The van der Waals surface area contributed by atoms with Crippen LogP contribution in [0.5, 0.6) is 0 Å². The van der Waals surface area contributed by atoms with Gasteiger partial charge in [-0.1, -0.05) is 13.3 Å². The van der Waals surface area contributed by atoms with Gasteiger partial charge in [0, 0.05) is 19.5 Å². The van der Waals surface area contributed by atoms with Crippen molar-refractivity contribution in [3.8, 4) is 6.07 Å². The number of nitrogens with zero attached hydrogens (tertiary/aromatic N) is 2. The summed E-state index contributed by atoms with van der Waals surface area (Å²) >= 11 is 0. The third-order valence-corrected chi connectivity index (χ3v) is 5.93. The Morgan fingerprint density at radius 1 is 1.55 bits per heavy atom. The summed E-state index contributed by atoms with van der Waals surface area (Å²) in [5.41, 5.74) is -0.952. The SMILES string of the molecule is CCC1CCN(S(=O)(=O)CCOC2(C#N)CCOC2)C1. The minimum absolute atomic E-state index is 0.0482. The summed E-state index contributed by atoms with van der Waals surface area (Å²) in [5.74, 6) is 0.409. The van der Waals surface area contributed by atoms with Crippen LogP contribution in [-0.2, 0) is 19.5 Å². The predicted octanol–water partition coefficient (Wildman–Crippen LogP) is 0.747. The summed E-state index contributed by atoms with van der Waals surface area (Å²) in [6, 6.07) is 2.09. The lowest BCUT2D eigenvalue weighted by atomic mass is 10.1. The molecule has 2 rings (SSSR count). The highest BCUT2D eigenvalue weighted by Gasteiger charge is 2.37. The van der Waals surface area contributed by atoms with Crippen LogP contribution in [-0.4, -0.2) is 57.0 Å². The van der Waals surface area contributed by atoms with Gasteiger partial charge in [-0.15, -0.1) is 0 Å². The van der Waals surface area contributed by atoms with Crippen LogP contribution in [0.3, 0.4) is 0 Å². The van der Waals surface area contributed by atoms with Crippen LogP contribution < -0.4 is 0 Å². The molecule has 6 nitrogen and oxygen atoms in total. The molecule has 20 heavy (non-hydrogen) atoms. The van der Waals surface area contributed by atoms with E-state index >= 15 is 0 Å². The largest absolute Gasteiger partial charge is 0.377 e. The molecule has 0 spiro atoms. The molecule has 2 heterocycles. The van der Waals surface area contributed by atoms with Crippen LogP contribution in [0.15, 0.2) is 0 Å². The molecule has 2 fully saturated rings. The van der Waals surface area contributed by atoms with Gasteiger partial charge in [-0.3, -0.25) is 0 Å². The summed E-state index contributed by atoms with van der Waals surface area (Å²) in [6.07, 6.45) is 2.45. The highest BCUT2D eigenvalue weighted by Crippen LogP contribution is 2.24. The van der Waals surface area contributed by atoms with Gasteiger partial charge in [-0.2, -0.15) is 5.26 Å². The molecule has 0 aliphatic carbocycles. The molecule has 0 aromatic heterocycles. The van der Waals surface area contributed by atoms with Gasteiger partial charge in [0.15, 0.2) is 5.60 Å². The Balaban J connectivity index is 1.83. The first-order valence-corrected chi connectivity index (χ1v) is 8.73. The van der Waals surface area contributed by atoms with E-state index in [-0.39, 0.29) is 19.0 Å². The number of nitriles is 1. The number of hydrogen-bond donors (Lipinski definition) is 0. The molecule has 0 aromatic carbocycles. The van der Waals surface area contributed by atoms with Crippen molar-refractivity contribution in [3.05, 3.63) is 0 Å². The van der Waals surface area contributed by atoms with Crippen LogP contribution >= 0.6 is 0 Å². The zero-order valence-electron chi connectivity index (χ0n) is 11.9. The Kier molecular flexibility index (Phi) is 5.02. The smallest absolute Gasteiger partial charge is 0.216 e. The fraction of sp³-hybridized carbons (Fsp3) is 0.923. The second-order valence-corrected chi connectivity index (χ2v) is 7.58. The third kappa shape index (κ3) is 3.50. The third-order valence-electron chi connectivity index (χ3n) is 4.13. The maximum Gasteiger partial charge on any atom is 0.216 e. The van der Waals surface area contributed by atoms with Gasteiger partial charge in [-0.25, -0.2) is 12.7 Å². The van der Waals surface area contributed by atoms with Gasteiger partial charge in [0.2, 0.25) is 10.0 Å². The first kappa shape index (κ1) is 15.7. The van der Waals surface area contributed by atoms with E-state index in [1.807, 2.05) is 0 Å². The van der Waals surface area contributed by atoms with E-state index in [0.29, 0.717) is 32.0 Å². The molecule has 2 saturated heterocycles. The fourth-order valence-electron chi connectivity index (χ4n) is 2.63. The van der Waals surface area contributed by atoms with Crippen LogP contribution in [0.4, 0.5) is 0 Å². The molecule has 0 aromatic rings. The van der Waals surface area contributed by atoms with E-state index in [9.17, 15) is 8.42 Å². The Bertz CT molecular complexity index is 465. The van der Waals surface area contributed by atoms with Crippen LogP contribution in [0.25, 0.3) is 0 Å². The number of ether oxygens (including phenoxy) is 2. The van der Waals surface area contributed by atoms with Gasteiger partial charge in [0.25, 0.3) is 0 Å². The molecular formula is C13H22N2O4S. The van der Waals surface area contributed by atoms with Crippen molar-refractivity contribution in [2.24, 2.45) is 5.92 Å². The lowest BCUT2D eigenvalue weighted by Crippen LogP contribution is -2.36. The first-order chi connectivity index (χ1) is 9.51. The minimum atomic E-state index is -3.27. The molecule has 2 atom stereocenters. The lowest BCUT2D eigenvalue weighted by Gasteiger charge is -2.21. The summed E-state index contributed by atoms with van der Waals surface area (Å²) in [4.78, 5) is 0. The first-order valence-electron chi connectivity index (χ1n) is 7.12. The molecular weight excluding hydrogens is 280 g/mol. The summed E-state index contributed by atoms with van der Waals surface area (Å²) in [7, 11) is -3.27. The standard InChI is InChI=1S/C13H22N2O4S/c1-2-12-3-5-15(9-12)20(16,17)8-7-19-13(10-14)4-6-18-11-13/h12H,2-9,11H2,1H3.